The van der Waals surface area contributed by atoms with Crippen LogP contribution in [0, 0.1) is 0 Å². The van der Waals surface area contributed by atoms with Gasteiger partial charge in [0.2, 0.25) is 0 Å². The van der Waals surface area contributed by atoms with Gasteiger partial charge < -0.3 is 9.47 Å². The normalized spacial score (nSPS) is 11.8. The Hall–Kier alpha value is -3.71. The first-order chi connectivity index (χ1) is 15.8. The maximum Gasteiger partial charge on any atom is 0.183 e. The van der Waals surface area contributed by atoms with Gasteiger partial charge in [0.05, 0.1) is 35.8 Å². The monoisotopic (exact) mass is 444 g/mol. The fourth-order valence-corrected chi connectivity index (χ4v) is 3.89. The number of para-hydroxylation sites is 2. The molecule has 6 nitrogen and oxygen atoms in total. The molecule has 0 aliphatic heterocycles. The van der Waals surface area contributed by atoms with Gasteiger partial charge in [-0.15, -0.1) is 11.3 Å². The van der Waals surface area contributed by atoms with Gasteiger partial charge in [0.1, 0.15) is 0 Å². The molecule has 1 aromatic heterocycles. The molecule has 0 aliphatic carbocycles. The van der Waals surface area contributed by atoms with Gasteiger partial charge >= 0.3 is 0 Å². The van der Waals surface area contributed by atoms with Crippen molar-refractivity contribution in [2.75, 3.05) is 13.7 Å². The third-order valence-electron chi connectivity index (χ3n) is 4.53. The van der Waals surface area contributed by atoms with E-state index in [0.717, 1.165) is 38.6 Å². The van der Waals surface area contributed by atoms with E-state index in [2.05, 4.69) is 17.5 Å². The van der Waals surface area contributed by atoms with Gasteiger partial charge in [0, 0.05) is 0 Å². The lowest BCUT2D eigenvalue weighted by Crippen LogP contribution is -2.18. The second-order valence-corrected chi connectivity index (χ2v) is 7.94. The molecule has 0 amide bonds. The van der Waals surface area contributed by atoms with Crippen LogP contribution in [0.3, 0.4) is 0 Å². The summed E-state index contributed by atoms with van der Waals surface area (Å²) in [5, 5.41) is 5.19. The molecule has 0 saturated heterocycles. The summed E-state index contributed by atoms with van der Waals surface area (Å²) in [7, 11) is 1.63. The summed E-state index contributed by atoms with van der Waals surface area (Å²) in [6.45, 7) is 2.71. The Morgan fingerprint density at radius 3 is 2.62 bits per heavy atom. The minimum absolute atomic E-state index is 0.587. The van der Waals surface area contributed by atoms with Gasteiger partial charge in [-0.25, -0.2) is 9.98 Å². The lowest BCUT2D eigenvalue weighted by Gasteiger charge is -2.10. The lowest BCUT2D eigenvalue weighted by atomic mass is 10.2. The minimum Gasteiger partial charge on any atom is -0.493 e. The Balaban J connectivity index is 1.59. The van der Waals surface area contributed by atoms with Crippen LogP contribution in [0.25, 0.3) is 10.2 Å². The molecule has 162 valence electrons. The number of rotatable bonds is 8. The molecule has 1 N–H and O–H groups in total. The number of thiazole rings is 1. The quantitative estimate of drug-likeness (QED) is 0.212. The molecule has 0 unspecified atom stereocenters. The SMILES string of the molecule is CCCOc1ccc(C=NNC(=Nc2ccccc2)c2nc3ccccc3s2)cc1OC. The first-order valence-corrected chi connectivity index (χ1v) is 11.2. The van der Waals surface area contributed by atoms with E-state index in [1.807, 2.05) is 72.8 Å². The molecule has 0 aliphatic rings. The fourth-order valence-electron chi connectivity index (χ4n) is 2.99. The van der Waals surface area contributed by atoms with Crippen molar-refractivity contribution < 1.29 is 9.47 Å². The number of methoxy groups -OCH3 is 1. The maximum atomic E-state index is 5.72. The molecule has 4 rings (SSSR count). The number of hydrazone groups is 1. The maximum absolute atomic E-state index is 5.72. The number of amidine groups is 1. The highest BCUT2D eigenvalue weighted by Crippen LogP contribution is 2.28. The summed E-state index contributed by atoms with van der Waals surface area (Å²) in [6, 6.07) is 23.5. The number of hydrogen-bond acceptors (Lipinski definition) is 6. The Kier molecular flexibility index (Phi) is 7.09. The van der Waals surface area contributed by atoms with Crippen molar-refractivity contribution >= 4 is 39.3 Å². The fraction of sp³-hybridized carbons (Fsp3) is 0.160. The number of aromatic nitrogens is 1. The van der Waals surface area contributed by atoms with Crippen molar-refractivity contribution in [2.24, 2.45) is 10.1 Å². The van der Waals surface area contributed by atoms with Crippen LogP contribution in [0.1, 0.15) is 23.9 Å². The van der Waals surface area contributed by atoms with Crippen LogP contribution >= 0.6 is 11.3 Å². The van der Waals surface area contributed by atoms with Crippen LogP contribution in [-0.2, 0) is 0 Å². The van der Waals surface area contributed by atoms with Gasteiger partial charge in [-0.3, -0.25) is 5.43 Å². The van der Waals surface area contributed by atoms with Crippen molar-refractivity contribution in [1.82, 2.24) is 10.4 Å². The van der Waals surface area contributed by atoms with Gasteiger partial charge in [-0.1, -0.05) is 37.3 Å². The van der Waals surface area contributed by atoms with E-state index in [9.17, 15) is 0 Å². The summed E-state index contributed by atoms with van der Waals surface area (Å²) in [6.07, 6.45) is 2.66. The van der Waals surface area contributed by atoms with Crippen molar-refractivity contribution in [2.45, 2.75) is 13.3 Å². The summed E-state index contributed by atoms with van der Waals surface area (Å²) in [5.74, 6) is 1.98. The molecule has 0 radical (unpaired) electrons. The largest absolute Gasteiger partial charge is 0.493 e. The van der Waals surface area contributed by atoms with Crippen LogP contribution in [0.15, 0.2) is 82.9 Å². The molecule has 0 spiro atoms. The van der Waals surface area contributed by atoms with E-state index < -0.39 is 0 Å². The zero-order valence-electron chi connectivity index (χ0n) is 18.0. The Morgan fingerprint density at radius 2 is 1.84 bits per heavy atom. The van der Waals surface area contributed by atoms with E-state index in [1.54, 1.807) is 24.7 Å². The minimum atomic E-state index is 0.587. The molecule has 4 aromatic rings. The standard InChI is InChI=1S/C25H24N4O2S/c1-3-15-31-21-14-13-18(16-22(21)30-2)17-26-29-24(27-19-9-5-4-6-10-19)25-28-20-11-7-8-12-23(20)32-25/h4-14,16-17H,3,15H2,1-2H3,(H,27,29). The molecule has 3 aromatic carbocycles. The van der Waals surface area contributed by atoms with Crippen LogP contribution < -0.4 is 14.9 Å². The van der Waals surface area contributed by atoms with Gasteiger partial charge in [0.25, 0.3) is 0 Å². The second kappa shape index (κ2) is 10.5. The summed E-state index contributed by atoms with van der Waals surface area (Å²) in [5.41, 5.74) is 5.71. The molecule has 7 heteroatoms. The molecule has 32 heavy (non-hydrogen) atoms. The van der Waals surface area contributed by atoms with Crippen LogP contribution in [0.5, 0.6) is 11.5 Å². The van der Waals surface area contributed by atoms with Crippen LogP contribution in [0.2, 0.25) is 0 Å². The van der Waals surface area contributed by atoms with E-state index in [4.69, 9.17) is 19.5 Å². The third kappa shape index (κ3) is 5.31. The molecule has 0 atom stereocenters. The predicted molar refractivity (Wildman–Crippen MR) is 132 cm³/mol. The van der Waals surface area contributed by atoms with Crippen LogP contribution in [0.4, 0.5) is 5.69 Å². The molecule has 0 bridgehead atoms. The lowest BCUT2D eigenvalue weighted by molar-refractivity contribution is 0.294. The number of benzene rings is 3. The molecular formula is C25H24N4O2S. The highest BCUT2D eigenvalue weighted by atomic mass is 32.1. The van der Waals surface area contributed by atoms with E-state index >= 15 is 0 Å². The number of aliphatic imine (C=N–C) groups is 1. The first-order valence-electron chi connectivity index (χ1n) is 10.4. The highest BCUT2D eigenvalue weighted by molar-refractivity contribution is 7.20. The van der Waals surface area contributed by atoms with Gasteiger partial charge in [0.15, 0.2) is 22.3 Å². The first kappa shape index (κ1) is 21.5. The van der Waals surface area contributed by atoms with Crippen LogP contribution in [-0.4, -0.2) is 30.8 Å². The van der Waals surface area contributed by atoms with E-state index in [0.29, 0.717) is 18.2 Å². The average molecular weight is 445 g/mol. The van der Waals surface area contributed by atoms with E-state index in [1.165, 1.54) is 0 Å². The van der Waals surface area contributed by atoms with Crippen molar-refractivity contribution in [1.29, 1.82) is 0 Å². The smallest absolute Gasteiger partial charge is 0.183 e. The number of hydrogen-bond donors (Lipinski definition) is 1. The van der Waals surface area contributed by atoms with Gasteiger partial charge in [-0.05, 0) is 54.4 Å². The average Bonchev–Trinajstić information content (AvgIpc) is 3.27. The zero-order valence-corrected chi connectivity index (χ0v) is 18.8. The topological polar surface area (TPSA) is 68.1 Å². The van der Waals surface area contributed by atoms with Crippen molar-refractivity contribution in [3.8, 4) is 11.5 Å². The molecular weight excluding hydrogens is 420 g/mol. The Labute approximate surface area is 191 Å². The number of nitrogens with one attached hydrogen (secondary N) is 1. The summed E-state index contributed by atoms with van der Waals surface area (Å²) < 4.78 is 12.3. The molecule has 1 heterocycles. The van der Waals surface area contributed by atoms with Crippen molar-refractivity contribution in [3.05, 3.63) is 83.4 Å². The van der Waals surface area contributed by atoms with Gasteiger partial charge in [-0.2, -0.15) is 5.10 Å². The number of nitrogens with zero attached hydrogens (tertiary/aromatic N) is 3. The van der Waals surface area contributed by atoms with E-state index in [-0.39, 0.29) is 0 Å². The highest BCUT2D eigenvalue weighted by Gasteiger charge is 2.10. The second-order valence-electron chi connectivity index (χ2n) is 6.91. The zero-order chi connectivity index (χ0) is 22.2. The summed E-state index contributed by atoms with van der Waals surface area (Å²) >= 11 is 1.57. The van der Waals surface area contributed by atoms with Crippen molar-refractivity contribution in [3.63, 3.8) is 0 Å². The Bertz CT molecular complexity index is 1200. The third-order valence-corrected chi connectivity index (χ3v) is 5.57. The molecule has 0 saturated carbocycles. The summed E-state index contributed by atoms with van der Waals surface area (Å²) in [4.78, 5) is 9.45. The molecule has 0 fully saturated rings. The number of ether oxygens (including phenoxy) is 2. The predicted octanol–water partition coefficient (Wildman–Crippen LogP) is 5.80. The Morgan fingerprint density at radius 1 is 1.03 bits per heavy atom. The number of fused-ring (bicyclic) bond motifs is 1.